The second-order valence-corrected chi connectivity index (χ2v) is 4.98. The summed E-state index contributed by atoms with van der Waals surface area (Å²) in [6, 6.07) is 10.9. The molecule has 0 radical (unpaired) electrons. The van der Waals surface area contributed by atoms with Gasteiger partial charge >= 0.3 is 0 Å². The van der Waals surface area contributed by atoms with Crippen molar-refractivity contribution in [3.63, 3.8) is 0 Å². The summed E-state index contributed by atoms with van der Waals surface area (Å²) >= 11 is 0. The van der Waals surface area contributed by atoms with E-state index < -0.39 is 0 Å². The maximum atomic E-state index is 3.77. The fraction of sp³-hybridized carbons (Fsp3) is 0.467. The van der Waals surface area contributed by atoms with Gasteiger partial charge in [-0.2, -0.15) is 0 Å². The molecule has 0 amide bonds. The third-order valence-corrected chi connectivity index (χ3v) is 3.93. The van der Waals surface area contributed by atoms with E-state index in [2.05, 4.69) is 52.8 Å². The van der Waals surface area contributed by atoms with Gasteiger partial charge in [0.05, 0.1) is 0 Å². The highest BCUT2D eigenvalue weighted by Gasteiger charge is 2.38. The van der Waals surface area contributed by atoms with Gasteiger partial charge in [0.25, 0.3) is 0 Å². The number of fused-ring (bicyclic) bond motifs is 1. The lowest BCUT2D eigenvalue weighted by Gasteiger charge is -2.47. The molecule has 2 aliphatic heterocycles. The van der Waals surface area contributed by atoms with Crippen molar-refractivity contribution >= 4 is 0 Å². The molecule has 0 bridgehead atoms. The molecule has 0 aromatic heterocycles. The third-order valence-electron chi connectivity index (χ3n) is 3.93. The summed E-state index contributed by atoms with van der Waals surface area (Å²) < 4.78 is 0. The average Bonchev–Trinajstić information content (AvgIpc) is 2.63. The molecule has 3 rings (SSSR count). The van der Waals surface area contributed by atoms with Crippen molar-refractivity contribution in [2.75, 3.05) is 13.1 Å². The monoisotopic (exact) mass is 228 g/mol. The molecule has 1 atom stereocenters. The van der Waals surface area contributed by atoms with E-state index in [4.69, 9.17) is 0 Å². The van der Waals surface area contributed by atoms with E-state index in [0.29, 0.717) is 0 Å². The van der Waals surface area contributed by atoms with Gasteiger partial charge in [0, 0.05) is 6.54 Å². The summed E-state index contributed by atoms with van der Waals surface area (Å²) in [7, 11) is 0. The summed E-state index contributed by atoms with van der Waals surface area (Å²) in [5, 5.41) is 3.77. The molecule has 2 nitrogen and oxygen atoms in total. The van der Waals surface area contributed by atoms with Crippen molar-refractivity contribution in [3.05, 3.63) is 48.2 Å². The van der Waals surface area contributed by atoms with Gasteiger partial charge in [-0.25, -0.2) is 0 Å². The fourth-order valence-corrected chi connectivity index (χ4v) is 3.07. The number of benzene rings is 1. The number of nitrogens with zero attached hydrogens (tertiary/aromatic N) is 1. The van der Waals surface area contributed by atoms with Crippen LogP contribution >= 0.6 is 0 Å². The minimum atomic E-state index is 0.0481. The quantitative estimate of drug-likeness (QED) is 0.795. The van der Waals surface area contributed by atoms with Crippen molar-refractivity contribution in [2.24, 2.45) is 0 Å². The summed E-state index contributed by atoms with van der Waals surface area (Å²) in [5.74, 6) is 0. The zero-order valence-corrected chi connectivity index (χ0v) is 10.2. The Balaban J connectivity index is 2.03. The standard InChI is InChI=1S/C15H20N2/c1-3-8-14(9-4-1)15-10-5-2-6-12-17(15)13-7-11-16-15/h1,3-4,6,8-9,12,16H,2,5,7,10-11,13H2. The number of nitrogens with one attached hydrogen (secondary N) is 1. The molecule has 1 unspecified atom stereocenters. The molecule has 1 fully saturated rings. The van der Waals surface area contributed by atoms with Gasteiger partial charge in [0.2, 0.25) is 0 Å². The number of hydrogen-bond donors (Lipinski definition) is 1. The maximum absolute atomic E-state index is 3.77. The first-order chi connectivity index (χ1) is 8.42. The second-order valence-electron chi connectivity index (χ2n) is 4.98. The largest absolute Gasteiger partial charge is 0.356 e. The van der Waals surface area contributed by atoms with Crippen LogP contribution in [0.15, 0.2) is 42.6 Å². The van der Waals surface area contributed by atoms with Crippen LogP contribution in [0.4, 0.5) is 0 Å². The van der Waals surface area contributed by atoms with Gasteiger partial charge in [0.1, 0.15) is 5.66 Å². The molecule has 1 aromatic carbocycles. The molecule has 17 heavy (non-hydrogen) atoms. The van der Waals surface area contributed by atoms with E-state index >= 15 is 0 Å². The highest BCUT2D eigenvalue weighted by atomic mass is 15.3. The fourth-order valence-electron chi connectivity index (χ4n) is 3.07. The molecule has 2 heterocycles. The van der Waals surface area contributed by atoms with E-state index in [-0.39, 0.29) is 5.66 Å². The molecule has 1 aromatic rings. The lowest BCUT2D eigenvalue weighted by atomic mass is 9.90. The minimum absolute atomic E-state index is 0.0481. The lowest BCUT2D eigenvalue weighted by Crippen LogP contribution is -2.58. The van der Waals surface area contributed by atoms with E-state index in [1.54, 1.807) is 0 Å². The van der Waals surface area contributed by atoms with Crippen molar-refractivity contribution in [1.29, 1.82) is 0 Å². The Morgan fingerprint density at radius 2 is 2.00 bits per heavy atom. The van der Waals surface area contributed by atoms with E-state index in [9.17, 15) is 0 Å². The van der Waals surface area contributed by atoms with Gasteiger partial charge in [0.15, 0.2) is 0 Å². The molecule has 2 heteroatoms. The van der Waals surface area contributed by atoms with Crippen LogP contribution in [-0.4, -0.2) is 18.0 Å². The van der Waals surface area contributed by atoms with Gasteiger partial charge in [-0.05, 0) is 44.0 Å². The van der Waals surface area contributed by atoms with E-state index in [0.717, 1.165) is 6.54 Å². The summed E-state index contributed by atoms with van der Waals surface area (Å²) in [4.78, 5) is 2.50. The first kappa shape index (κ1) is 10.8. The second kappa shape index (κ2) is 4.53. The first-order valence-electron chi connectivity index (χ1n) is 6.66. The summed E-state index contributed by atoms with van der Waals surface area (Å²) in [6.45, 7) is 2.29. The van der Waals surface area contributed by atoms with E-state index in [1.807, 2.05) is 0 Å². The van der Waals surface area contributed by atoms with Crippen LogP contribution in [0, 0.1) is 0 Å². The Hall–Kier alpha value is -1.28. The SMILES string of the molecule is C1=CN2CCCNC2(c2ccccc2)CCC1. The van der Waals surface area contributed by atoms with Crippen molar-refractivity contribution < 1.29 is 0 Å². The Bertz CT molecular complexity index is 399. The topological polar surface area (TPSA) is 15.3 Å². The Kier molecular flexibility index (Phi) is 2.89. The maximum Gasteiger partial charge on any atom is 0.117 e. The van der Waals surface area contributed by atoms with Crippen LogP contribution in [0.2, 0.25) is 0 Å². The Labute approximate surface area is 103 Å². The number of hydrogen-bond acceptors (Lipinski definition) is 2. The Morgan fingerprint density at radius 1 is 1.12 bits per heavy atom. The number of allylic oxidation sites excluding steroid dienone is 1. The molecule has 1 saturated heterocycles. The van der Waals surface area contributed by atoms with Crippen LogP contribution in [0.5, 0.6) is 0 Å². The van der Waals surface area contributed by atoms with Gasteiger partial charge in [-0.1, -0.05) is 36.4 Å². The summed E-state index contributed by atoms with van der Waals surface area (Å²) in [6.07, 6.45) is 9.51. The highest BCUT2D eigenvalue weighted by Crippen LogP contribution is 2.35. The van der Waals surface area contributed by atoms with Crippen LogP contribution in [0.3, 0.4) is 0 Å². The molecular weight excluding hydrogens is 208 g/mol. The van der Waals surface area contributed by atoms with Crippen molar-refractivity contribution in [2.45, 2.75) is 31.3 Å². The number of rotatable bonds is 1. The third kappa shape index (κ3) is 1.87. The minimum Gasteiger partial charge on any atom is -0.356 e. The van der Waals surface area contributed by atoms with Crippen LogP contribution in [0.1, 0.15) is 31.2 Å². The molecule has 0 aliphatic carbocycles. The van der Waals surface area contributed by atoms with Crippen LogP contribution < -0.4 is 5.32 Å². The zero-order chi connectivity index (χ0) is 11.6. The van der Waals surface area contributed by atoms with Crippen LogP contribution in [0.25, 0.3) is 0 Å². The Morgan fingerprint density at radius 3 is 2.88 bits per heavy atom. The van der Waals surface area contributed by atoms with Gasteiger partial charge < -0.3 is 4.90 Å². The highest BCUT2D eigenvalue weighted by molar-refractivity contribution is 5.26. The smallest absolute Gasteiger partial charge is 0.117 e. The van der Waals surface area contributed by atoms with Crippen molar-refractivity contribution in [1.82, 2.24) is 10.2 Å². The predicted octanol–water partition coefficient (Wildman–Crippen LogP) is 2.83. The molecular formula is C15H20N2. The van der Waals surface area contributed by atoms with Gasteiger partial charge in [-0.3, -0.25) is 5.32 Å². The lowest BCUT2D eigenvalue weighted by molar-refractivity contribution is 0.0615. The molecule has 0 spiro atoms. The molecule has 1 N–H and O–H groups in total. The van der Waals surface area contributed by atoms with Gasteiger partial charge in [-0.15, -0.1) is 0 Å². The molecule has 0 saturated carbocycles. The summed E-state index contributed by atoms with van der Waals surface area (Å²) in [5.41, 5.74) is 1.46. The molecule has 90 valence electrons. The predicted molar refractivity (Wildman–Crippen MR) is 70.4 cm³/mol. The molecule has 2 aliphatic rings. The van der Waals surface area contributed by atoms with Crippen LogP contribution in [-0.2, 0) is 5.66 Å². The zero-order valence-electron chi connectivity index (χ0n) is 10.2. The van der Waals surface area contributed by atoms with E-state index in [1.165, 1.54) is 37.8 Å². The normalized spacial score (nSPS) is 28.6. The average molecular weight is 228 g/mol. The van der Waals surface area contributed by atoms with Crippen molar-refractivity contribution in [3.8, 4) is 0 Å². The first-order valence-corrected chi connectivity index (χ1v) is 6.66.